The molecule has 1 atom stereocenters. The van der Waals surface area contributed by atoms with Crippen molar-refractivity contribution in [3.63, 3.8) is 0 Å². The monoisotopic (exact) mass is 211 g/mol. The van der Waals surface area contributed by atoms with Gasteiger partial charge in [0.1, 0.15) is 11.4 Å². The van der Waals surface area contributed by atoms with Crippen LogP contribution in [0.1, 0.15) is 39.5 Å². The Morgan fingerprint density at radius 3 is 2.80 bits per heavy atom. The van der Waals surface area contributed by atoms with Crippen molar-refractivity contribution in [2.75, 3.05) is 6.54 Å². The van der Waals surface area contributed by atoms with E-state index >= 15 is 0 Å². The molecule has 2 fully saturated rings. The Labute approximate surface area is 89.5 Å². The van der Waals surface area contributed by atoms with Gasteiger partial charge in [-0.3, -0.25) is 14.4 Å². The summed E-state index contributed by atoms with van der Waals surface area (Å²) in [5, 5.41) is 1.37. The van der Waals surface area contributed by atoms with Crippen molar-refractivity contribution in [3.8, 4) is 0 Å². The topological polar surface area (TPSA) is 46.6 Å². The largest absolute Gasteiger partial charge is 0.300 e. The third-order valence-corrected chi connectivity index (χ3v) is 3.21. The number of ketones is 1. The van der Waals surface area contributed by atoms with Crippen LogP contribution in [0.5, 0.6) is 0 Å². The molecule has 0 aromatic heterocycles. The van der Waals surface area contributed by atoms with Gasteiger partial charge in [-0.25, -0.2) is 5.06 Å². The van der Waals surface area contributed by atoms with Crippen LogP contribution in [0.4, 0.5) is 0 Å². The molecule has 4 heteroatoms. The van der Waals surface area contributed by atoms with Crippen LogP contribution < -0.4 is 0 Å². The van der Waals surface area contributed by atoms with Crippen molar-refractivity contribution in [3.05, 3.63) is 0 Å². The summed E-state index contributed by atoms with van der Waals surface area (Å²) in [5.74, 6) is 0.640. The molecule has 1 aliphatic heterocycles. The molecule has 0 N–H and O–H groups in total. The highest BCUT2D eigenvalue weighted by molar-refractivity contribution is 5.80. The molecule has 0 aromatic carbocycles. The van der Waals surface area contributed by atoms with Crippen LogP contribution in [-0.4, -0.2) is 28.9 Å². The van der Waals surface area contributed by atoms with Gasteiger partial charge in [-0.15, -0.1) is 0 Å². The SMILES string of the molecule is CC(=O)CCN1OC(C)(C2CC2)CC1=O. The van der Waals surface area contributed by atoms with Crippen LogP contribution in [0.3, 0.4) is 0 Å². The number of nitrogens with zero attached hydrogens (tertiary/aromatic N) is 1. The summed E-state index contributed by atoms with van der Waals surface area (Å²) in [6, 6.07) is 0. The average Bonchev–Trinajstić information content (AvgIpc) is 2.91. The van der Waals surface area contributed by atoms with Crippen LogP contribution >= 0.6 is 0 Å². The third kappa shape index (κ3) is 2.20. The minimum atomic E-state index is -0.298. The van der Waals surface area contributed by atoms with E-state index in [1.165, 1.54) is 12.0 Å². The Bertz CT molecular complexity index is 298. The van der Waals surface area contributed by atoms with E-state index in [4.69, 9.17) is 4.84 Å². The molecular weight excluding hydrogens is 194 g/mol. The standard InChI is InChI=1S/C11H17NO3/c1-8(13)5-6-12-10(14)7-11(2,15-12)9-3-4-9/h9H,3-7H2,1-2H3. The van der Waals surface area contributed by atoms with E-state index in [0.29, 0.717) is 25.3 Å². The Morgan fingerprint density at radius 1 is 1.60 bits per heavy atom. The van der Waals surface area contributed by atoms with Crippen LogP contribution in [-0.2, 0) is 14.4 Å². The predicted molar refractivity (Wildman–Crippen MR) is 53.8 cm³/mol. The van der Waals surface area contributed by atoms with Crippen LogP contribution in [0.15, 0.2) is 0 Å². The molecule has 0 radical (unpaired) electrons. The number of carbonyl (C=O) groups excluding carboxylic acids is 2. The number of hydroxylamine groups is 2. The third-order valence-electron chi connectivity index (χ3n) is 3.21. The Balaban J connectivity index is 1.92. The molecule has 4 nitrogen and oxygen atoms in total. The highest BCUT2D eigenvalue weighted by Gasteiger charge is 2.51. The van der Waals surface area contributed by atoms with E-state index in [2.05, 4.69) is 0 Å². The molecule has 2 aliphatic rings. The molecule has 15 heavy (non-hydrogen) atoms. The second-order valence-electron chi connectivity index (χ2n) is 4.80. The summed E-state index contributed by atoms with van der Waals surface area (Å²) in [6.07, 6.45) is 3.16. The van der Waals surface area contributed by atoms with E-state index in [1.807, 2.05) is 6.92 Å². The fourth-order valence-electron chi connectivity index (χ4n) is 2.07. The van der Waals surface area contributed by atoms with E-state index in [-0.39, 0.29) is 17.3 Å². The van der Waals surface area contributed by atoms with Crippen LogP contribution in [0, 0.1) is 5.92 Å². The second kappa shape index (κ2) is 3.59. The lowest BCUT2D eigenvalue weighted by molar-refractivity contribution is -0.200. The number of hydrogen-bond donors (Lipinski definition) is 0. The van der Waals surface area contributed by atoms with E-state index in [0.717, 1.165) is 12.8 Å². The lowest BCUT2D eigenvalue weighted by Gasteiger charge is -2.23. The summed E-state index contributed by atoms with van der Waals surface area (Å²) < 4.78 is 0. The fraction of sp³-hybridized carbons (Fsp3) is 0.818. The number of carbonyl (C=O) groups is 2. The maximum absolute atomic E-state index is 11.6. The molecule has 0 spiro atoms. The van der Waals surface area contributed by atoms with Gasteiger partial charge in [0, 0.05) is 6.42 Å². The number of hydrogen-bond acceptors (Lipinski definition) is 3. The highest BCUT2D eigenvalue weighted by atomic mass is 16.7. The van der Waals surface area contributed by atoms with Crippen molar-refractivity contribution < 1.29 is 14.4 Å². The van der Waals surface area contributed by atoms with E-state index in [1.54, 1.807) is 0 Å². The highest BCUT2D eigenvalue weighted by Crippen LogP contribution is 2.46. The summed E-state index contributed by atoms with van der Waals surface area (Å²) in [5.41, 5.74) is -0.298. The smallest absolute Gasteiger partial charge is 0.249 e. The van der Waals surface area contributed by atoms with Crippen LogP contribution in [0.2, 0.25) is 0 Å². The van der Waals surface area contributed by atoms with Gasteiger partial charge in [-0.05, 0) is 32.6 Å². The maximum atomic E-state index is 11.6. The molecular formula is C11H17NO3. The first-order valence-electron chi connectivity index (χ1n) is 5.50. The zero-order valence-corrected chi connectivity index (χ0v) is 9.28. The summed E-state index contributed by atoms with van der Waals surface area (Å²) >= 11 is 0. The first-order chi connectivity index (χ1) is 7.01. The van der Waals surface area contributed by atoms with Crippen molar-refractivity contribution in [2.24, 2.45) is 5.92 Å². The number of Topliss-reactive ketones (excluding diaryl/α,β-unsaturated/α-hetero) is 1. The molecule has 1 saturated carbocycles. The zero-order chi connectivity index (χ0) is 11.1. The summed E-state index contributed by atoms with van der Waals surface area (Å²) in [4.78, 5) is 28.1. The Kier molecular flexibility index (Phi) is 2.54. The number of amides is 1. The van der Waals surface area contributed by atoms with Gasteiger partial charge in [0.05, 0.1) is 13.0 Å². The first-order valence-corrected chi connectivity index (χ1v) is 5.50. The van der Waals surface area contributed by atoms with Crippen LogP contribution in [0.25, 0.3) is 0 Å². The van der Waals surface area contributed by atoms with Gasteiger partial charge in [-0.1, -0.05) is 0 Å². The maximum Gasteiger partial charge on any atom is 0.249 e. The van der Waals surface area contributed by atoms with Gasteiger partial charge >= 0.3 is 0 Å². The fourth-order valence-corrected chi connectivity index (χ4v) is 2.07. The quantitative estimate of drug-likeness (QED) is 0.704. The molecule has 1 aliphatic carbocycles. The minimum Gasteiger partial charge on any atom is -0.300 e. The van der Waals surface area contributed by atoms with Crippen molar-refractivity contribution in [1.82, 2.24) is 5.06 Å². The van der Waals surface area contributed by atoms with Crippen molar-refractivity contribution in [1.29, 1.82) is 0 Å². The zero-order valence-electron chi connectivity index (χ0n) is 9.28. The molecule has 1 saturated heterocycles. The van der Waals surface area contributed by atoms with E-state index < -0.39 is 0 Å². The number of rotatable bonds is 4. The Morgan fingerprint density at radius 2 is 2.27 bits per heavy atom. The normalized spacial score (nSPS) is 31.1. The van der Waals surface area contributed by atoms with Gasteiger partial charge in [0.25, 0.3) is 0 Å². The molecule has 0 aromatic rings. The van der Waals surface area contributed by atoms with Crippen molar-refractivity contribution >= 4 is 11.7 Å². The van der Waals surface area contributed by atoms with Gasteiger partial charge in [0.15, 0.2) is 0 Å². The van der Waals surface area contributed by atoms with Gasteiger partial charge < -0.3 is 0 Å². The minimum absolute atomic E-state index is 0.0191. The van der Waals surface area contributed by atoms with E-state index in [9.17, 15) is 9.59 Å². The molecule has 2 rings (SSSR count). The molecule has 1 amide bonds. The van der Waals surface area contributed by atoms with Crippen molar-refractivity contribution in [2.45, 2.75) is 45.1 Å². The molecule has 1 unspecified atom stereocenters. The summed E-state index contributed by atoms with van der Waals surface area (Å²) in [7, 11) is 0. The van der Waals surface area contributed by atoms with Gasteiger partial charge in [-0.2, -0.15) is 0 Å². The average molecular weight is 211 g/mol. The summed E-state index contributed by atoms with van der Waals surface area (Å²) in [6.45, 7) is 3.92. The predicted octanol–water partition coefficient (Wildman–Crippen LogP) is 1.30. The lowest BCUT2D eigenvalue weighted by Crippen LogP contribution is -2.31. The Hall–Kier alpha value is -0.900. The first kappa shape index (κ1) is 10.6. The lowest BCUT2D eigenvalue weighted by atomic mass is 9.97. The molecule has 84 valence electrons. The molecule has 1 heterocycles. The molecule has 0 bridgehead atoms. The second-order valence-corrected chi connectivity index (χ2v) is 4.80. The van der Waals surface area contributed by atoms with Gasteiger partial charge in [0.2, 0.25) is 5.91 Å².